The van der Waals surface area contributed by atoms with Gasteiger partial charge < -0.3 is 9.47 Å². The first-order chi connectivity index (χ1) is 10.4. The fourth-order valence-corrected chi connectivity index (χ4v) is 2.81. The molecule has 8 heteroatoms. The monoisotopic (exact) mass is 339 g/mol. The van der Waals surface area contributed by atoms with Gasteiger partial charge in [-0.25, -0.2) is 9.59 Å². The molecule has 0 N–H and O–H groups in total. The van der Waals surface area contributed by atoms with Crippen molar-refractivity contribution in [3.63, 3.8) is 0 Å². The van der Waals surface area contributed by atoms with Gasteiger partial charge in [-0.3, -0.25) is 4.90 Å². The van der Waals surface area contributed by atoms with E-state index in [-0.39, 0.29) is 25.8 Å². The minimum Gasteiger partial charge on any atom is -0.467 e. The second-order valence-electron chi connectivity index (χ2n) is 6.73. The molecule has 0 aromatic heterocycles. The molecule has 1 heterocycles. The summed E-state index contributed by atoms with van der Waals surface area (Å²) in [6, 6.07) is 0. The maximum Gasteiger partial charge on any atom is 0.411 e. The fraction of sp³-hybridized carbons (Fsp3) is 0.867. The Morgan fingerprint density at radius 1 is 1.22 bits per heavy atom. The summed E-state index contributed by atoms with van der Waals surface area (Å²) in [6.07, 6.45) is -5.57. The number of esters is 1. The molecular weight excluding hydrogens is 315 g/mol. The number of alkyl halides is 3. The molecule has 5 nitrogen and oxygen atoms in total. The van der Waals surface area contributed by atoms with Crippen LogP contribution in [0.4, 0.5) is 18.0 Å². The molecular formula is C15H24F3NO4. The zero-order chi connectivity index (χ0) is 17.9. The Balaban J connectivity index is 2.94. The summed E-state index contributed by atoms with van der Waals surface area (Å²) in [5.74, 6) is -0.692. The molecule has 0 spiro atoms. The second-order valence-corrected chi connectivity index (χ2v) is 6.73. The number of halogens is 3. The van der Waals surface area contributed by atoms with Gasteiger partial charge >= 0.3 is 18.2 Å². The van der Waals surface area contributed by atoms with E-state index < -0.39 is 35.8 Å². The van der Waals surface area contributed by atoms with Crippen LogP contribution in [-0.4, -0.2) is 47.9 Å². The van der Waals surface area contributed by atoms with E-state index in [4.69, 9.17) is 9.47 Å². The van der Waals surface area contributed by atoms with Crippen LogP contribution in [0.3, 0.4) is 0 Å². The van der Waals surface area contributed by atoms with E-state index in [1.165, 1.54) is 12.0 Å². The second kappa shape index (κ2) is 6.97. The summed E-state index contributed by atoms with van der Waals surface area (Å²) in [7, 11) is 1.17. The highest BCUT2D eigenvalue weighted by atomic mass is 19.4. The summed E-state index contributed by atoms with van der Waals surface area (Å²) in [4.78, 5) is 25.8. The lowest BCUT2D eigenvalue weighted by atomic mass is 9.89. The van der Waals surface area contributed by atoms with Crippen molar-refractivity contribution < 1.29 is 32.2 Å². The molecule has 1 fully saturated rings. The largest absolute Gasteiger partial charge is 0.467 e. The Morgan fingerprint density at radius 3 is 2.30 bits per heavy atom. The highest BCUT2D eigenvalue weighted by molar-refractivity contribution is 5.86. The van der Waals surface area contributed by atoms with Crippen molar-refractivity contribution in [2.75, 3.05) is 13.7 Å². The van der Waals surface area contributed by atoms with Gasteiger partial charge in [0.05, 0.1) is 7.11 Å². The van der Waals surface area contributed by atoms with E-state index in [1.807, 2.05) is 0 Å². The fourth-order valence-electron chi connectivity index (χ4n) is 2.81. The van der Waals surface area contributed by atoms with Crippen molar-refractivity contribution in [3.05, 3.63) is 0 Å². The van der Waals surface area contributed by atoms with E-state index in [2.05, 4.69) is 0 Å². The Bertz CT molecular complexity index is 445. The first kappa shape index (κ1) is 19.6. The lowest BCUT2D eigenvalue weighted by Crippen LogP contribution is -2.54. The lowest BCUT2D eigenvalue weighted by molar-refractivity contribution is -0.156. The van der Waals surface area contributed by atoms with E-state index in [1.54, 1.807) is 20.8 Å². The number of carbonyl (C=O) groups is 2. The van der Waals surface area contributed by atoms with E-state index in [0.717, 1.165) is 0 Å². The van der Waals surface area contributed by atoms with E-state index in [0.29, 0.717) is 6.42 Å². The Labute approximate surface area is 134 Å². The molecule has 0 saturated carbocycles. The van der Waals surface area contributed by atoms with Gasteiger partial charge in [0.25, 0.3) is 0 Å². The summed E-state index contributed by atoms with van der Waals surface area (Å²) < 4.78 is 47.2. The van der Waals surface area contributed by atoms with Crippen molar-refractivity contribution in [2.24, 2.45) is 0 Å². The van der Waals surface area contributed by atoms with Gasteiger partial charge in [0.1, 0.15) is 11.1 Å². The molecule has 0 radical (unpaired) electrons. The zero-order valence-corrected chi connectivity index (χ0v) is 14.0. The van der Waals surface area contributed by atoms with E-state index in [9.17, 15) is 22.8 Å². The number of nitrogens with zero attached hydrogens (tertiary/aromatic N) is 1. The number of methoxy groups -OCH3 is 1. The van der Waals surface area contributed by atoms with Crippen LogP contribution in [0.2, 0.25) is 0 Å². The molecule has 1 aliphatic heterocycles. The minimum atomic E-state index is -4.30. The maximum absolute atomic E-state index is 12.4. The van der Waals surface area contributed by atoms with Crippen LogP contribution in [-0.2, 0) is 14.3 Å². The van der Waals surface area contributed by atoms with Gasteiger partial charge in [-0.05, 0) is 46.5 Å². The van der Waals surface area contributed by atoms with Gasteiger partial charge in [-0.2, -0.15) is 13.2 Å². The molecule has 1 aliphatic rings. The van der Waals surface area contributed by atoms with Crippen LogP contribution in [0.25, 0.3) is 0 Å². The molecule has 23 heavy (non-hydrogen) atoms. The quantitative estimate of drug-likeness (QED) is 0.734. The Kier molecular flexibility index (Phi) is 5.93. The van der Waals surface area contributed by atoms with Gasteiger partial charge in [0.15, 0.2) is 0 Å². The number of ether oxygens (including phenoxy) is 2. The summed E-state index contributed by atoms with van der Waals surface area (Å²) in [6.45, 7) is 5.31. The van der Waals surface area contributed by atoms with Crippen molar-refractivity contribution in [2.45, 2.75) is 70.2 Å². The maximum atomic E-state index is 12.4. The lowest BCUT2D eigenvalue weighted by Gasteiger charge is -2.37. The topological polar surface area (TPSA) is 55.8 Å². The predicted octanol–water partition coefficient (Wildman–Crippen LogP) is 3.66. The third-order valence-electron chi connectivity index (χ3n) is 3.72. The van der Waals surface area contributed by atoms with Crippen molar-refractivity contribution in [1.82, 2.24) is 4.90 Å². The number of hydrogen-bond acceptors (Lipinski definition) is 4. The molecule has 1 unspecified atom stereocenters. The van der Waals surface area contributed by atoms with Crippen LogP contribution in [0.15, 0.2) is 0 Å². The SMILES string of the molecule is COC(=O)C1(CCCC(F)(F)F)CCCN1C(=O)OC(C)(C)C. The molecule has 0 aromatic rings. The van der Waals surface area contributed by atoms with Crippen LogP contribution in [0.1, 0.15) is 52.9 Å². The number of amides is 1. The van der Waals surface area contributed by atoms with Gasteiger partial charge in [0.2, 0.25) is 0 Å². The average Bonchev–Trinajstić information content (AvgIpc) is 2.79. The normalized spacial score (nSPS) is 22.1. The summed E-state index contributed by atoms with van der Waals surface area (Å²) >= 11 is 0. The highest BCUT2D eigenvalue weighted by Gasteiger charge is 2.51. The molecule has 1 atom stereocenters. The van der Waals surface area contributed by atoms with Crippen LogP contribution >= 0.6 is 0 Å². The van der Waals surface area contributed by atoms with Gasteiger partial charge in [0, 0.05) is 13.0 Å². The third kappa shape index (κ3) is 5.28. The van der Waals surface area contributed by atoms with Crippen molar-refractivity contribution >= 4 is 12.1 Å². The standard InChI is InChI=1S/C15H24F3NO4/c1-13(2,3)23-12(21)19-10-6-8-14(19,11(20)22-4)7-5-9-15(16,17)18/h5-10H2,1-4H3. The minimum absolute atomic E-state index is 0.0988. The zero-order valence-electron chi connectivity index (χ0n) is 14.0. The first-order valence-corrected chi connectivity index (χ1v) is 7.57. The summed E-state index contributed by atoms with van der Waals surface area (Å²) in [5.41, 5.74) is -2.13. The predicted molar refractivity (Wildman–Crippen MR) is 76.8 cm³/mol. The average molecular weight is 339 g/mol. The van der Waals surface area contributed by atoms with Crippen LogP contribution in [0.5, 0.6) is 0 Å². The molecule has 0 bridgehead atoms. The van der Waals surface area contributed by atoms with Crippen LogP contribution < -0.4 is 0 Å². The van der Waals surface area contributed by atoms with Gasteiger partial charge in [-0.1, -0.05) is 0 Å². The first-order valence-electron chi connectivity index (χ1n) is 7.57. The smallest absolute Gasteiger partial charge is 0.411 e. The van der Waals surface area contributed by atoms with Crippen LogP contribution in [0, 0.1) is 0 Å². The molecule has 0 aromatic carbocycles. The molecule has 1 rings (SSSR count). The van der Waals surface area contributed by atoms with E-state index >= 15 is 0 Å². The van der Waals surface area contributed by atoms with Crippen molar-refractivity contribution in [3.8, 4) is 0 Å². The molecule has 1 amide bonds. The number of rotatable bonds is 4. The third-order valence-corrected chi connectivity index (χ3v) is 3.72. The Morgan fingerprint density at radius 2 is 1.83 bits per heavy atom. The summed E-state index contributed by atoms with van der Waals surface area (Å²) in [5, 5.41) is 0. The molecule has 0 aliphatic carbocycles. The number of likely N-dealkylation sites (tertiary alicyclic amines) is 1. The molecule has 1 saturated heterocycles. The number of carbonyl (C=O) groups excluding carboxylic acids is 2. The Hall–Kier alpha value is -1.47. The highest BCUT2D eigenvalue weighted by Crippen LogP contribution is 2.37. The van der Waals surface area contributed by atoms with Gasteiger partial charge in [-0.15, -0.1) is 0 Å². The number of hydrogen-bond donors (Lipinski definition) is 0. The molecule has 134 valence electrons. The van der Waals surface area contributed by atoms with Crippen molar-refractivity contribution in [1.29, 1.82) is 0 Å².